The largest absolute Gasteiger partial charge is 0.481 e. The van der Waals surface area contributed by atoms with E-state index >= 15 is 0 Å². The van der Waals surface area contributed by atoms with E-state index in [4.69, 9.17) is 5.11 Å². The van der Waals surface area contributed by atoms with Crippen molar-refractivity contribution < 1.29 is 14.7 Å². The lowest BCUT2D eigenvalue weighted by molar-refractivity contribution is -0.141. The number of carbonyl (C=O) groups excluding carboxylic acids is 1. The van der Waals surface area contributed by atoms with Crippen LogP contribution >= 0.6 is 0 Å². The summed E-state index contributed by atoms with van der Waals surface area (Å²) in [5.41, 5.74) is 0.628. The van der Waals surface area contributed by atoms with E-state index in [0.717, 1.165) is 0 Å². The van der Waals surface area contributed by atoms with E-state index in [0.29, 0.717) is 23.9 Å². The Hall–Kier alpha value is -2.63. The first kappa shape index (κ1) is 14.3. The molecule has 3 rings (SSSR count). The predicted molar refractivity (Wildman–Crippen MR) is 80.5 cm³/mol. The first-order valence-electron chi connectivity index (χ1n) is 7.15. The van der Waals surface area contributed by atoms with Crippen LogP contribution in [0.4, 0.5) is 0 Å². The molecule has 0 aliphatic carbocycles. The highest BCUT2D eigenvalue weighted by Gasteiger charge is 2.30. The van der Waals surface area contributed by atoms with Crippen LogP contribution in [-0.4, -0.2) is 39.5 Å². The molecule has 22 heavy (non-hydrogen) atoms. The Morgan fingerprint density at radius 3 is 2.73 bits per heavy atom. The smallest absolute Gasteiger partial charge is 0.308 e. The van der Waals surface area contributed by atoms with Crippen molar-refractivity contribution in [3.8, 4) is 0 Å². The highest BCUT2D eigenvalue weighted by molar-refractivity contribution is 5.83. The SMILES string of the molecule is O=C(O)C1CCN(C(=O)Cn2ccc(=O)c3ccccc32)C1. The summed E-state index contributed by atoms with van der Waals surface area (Å²) >= 11 is 0. The van der Waals surface area contributed by atoms with E-state index in [1.54, 1.807) is 33.9 Å². The summed E-state index contributed by atoms with van der Waals surface area (Å²) in [7, 11) is 0. The molecule has 0 saturated carbocycles. The number of para-hydroxylation sites is 1. The Labute approximate surface area is 126 Å². The highest BCUT2D eigenvalue weighted by atomic mass is 16.4. The molecule has 2 heterocycles. The molecule has 1 aromatic carbocycles. The molecule has 1 saturated heterocycles. The first-order valence-corrected chi connectivity index (χ1v) is 7.15. The van der Waals surface area contributed by atoms with Crippen LogP contribution in [0, 0.1) is 5.92 Å². The van der Waals surface area contributed by atoms with Crippen LogP contribution in [0.25, 0.3) is 10.9 Å². The normalized spacial score (nSPS) is 17.8. The summed E-state index contributed by atoms with van der Waals surface area (Å²) in [4.78, 5) is 36.7. The van der Waals surface area contributed by atoms with Gasteiger partial charge in [-0.1, -0.05) is 12.1 Å². The highest BCUT2D eigenvalue weighted by Crippen LogP contribution is 2.17. The predicted octanol–water partition coefficient (Wildman–Crippen LogP) is 0.935. The molecule has 6 heteroatoms. The van der Waals surface area contributed by atoms with Crippen LogP contribution in [0.5, 0.6) is 0 Å². The van der Waals surface area contributed by atoms with E-state index in [2.05, 4.69) is 0 Å². The minimum Gasteiger partial charge on any atom is -0.481 e. The van der Waals surface area contributed by atoms with Gasteiger partial charge in [0.15, 0.2) is 5.43 Å². The molecule has 1 atom stereocenters. The number of pyridine rings is 1. The van der Waals surface area contributed by atoms with Gasteiger partial charge >= 0.3 is 5.97 Å². The summed E-state index contributed by atoms with van der Waals surface area (Å²) in [6.07, 6.45) is 2.10. The summed E-state index contributed by atoms with van der Waals surface area (Å²) in [6.45, 7) is 0.827. The number of aromatic nitrogens is 1. The maximum atomic E-state index is 12.3. The van der Waals surface area contributed by atoms with E-state index in [-0.39, 0.29) is 24.4 Å². The number of aliphatic carboxylic acids is 1. The number of hydrogen-bond donors (Lipinski definition) is 1. The molecule has 1 N–H and O–H groups in total. The lowest BCUT2D eigenvalue weighted by atomic mass is 10.1. The van der Waals surface area contributed by atoms with Crippen molar-refractivity contribution in [1.82, 2.24) is 9.47 Å². The maximum Gasteiger partial charge on any atom is 0.308 e. The number of carboxylic acid groups (broad SMARTS) is 1. The van der Waals surface area contributed by atoms with Gasteiger partial charge in [0.25, 0.3) is 0 Å². The van der Waals surface area contributed by atoms with Crippen LogP contribution in [0.15, 0.2) is 41.3 Å². The standard InChI is InChI=1S/C16H16N2O4/c19-14-6-8-17(13-4-2-1-3-12(13)14)10-15(20)18-7-5-11(9-18)16(21)22/h1-4,6,8,11H,5,7,9-10H2,(H,21,22). The van der Waals surface area contributed by atoms with Gasteiger partial charge in [-0.05, 0) is 18.6 Å². The van der Waals surface area contributed by atoms with Crippen LogP contribution < -0.4 is 5.43 Å². The molecular weight excluding hydrogens is 284 g/mol. The molecule has 0 spiro atoms. The minimum absolute atomic E-state index is 0.0774. The summed E-state index contributed by atoms with van der Waals surface area (Å²) in [5.74, 6) is -1.46. The van der Waals surface area contributed by atoms with Crippen molar-refractivity contribution in [2.75, 3.05) is 13.1 Å². The first-order chi connectivity index (χ1) is 10.6. The van der Waals surface area contributed by atoms with Gasteiger partial charge in [-0.3, -0.25) is 14.4 Å². The second kappa shape index (κ2) is 5.63. The third-order valence-electron chi connectivity index (χ3n) is 4.08. The van der Waals surface area contributed by atoms with Gasteiger partial charge in [0.1, 0.15) is 6.54 Å². The molecule has 1 amide bonds. The van der Waals surface area contributed by atoms with Crippen molar-refractivity contribution in [2.45, 2.75) is 13.0 Å². The number of carboxylic acids is 1. The van der Waals surface area contributed by atoms with E-state index in [1.165, 1.54) is 6.07 Å². The van der Waals surface area contributed by atoms with Gasteiger partial charge < -0.3 is 14.6 Å². The zero-order chi connectivity index (χ0) is 15.7. The molecule has 0 bridgehead atoms. The van der Waals surface area contributed by atoms with Crippen LogP contribution in [0.3, 0.4) is 0 Å². The van der Waals surface area contributed by atoms with Gasteiger partial charge in [-0.15, -0.1) is 0 Å². The Morgan fingerprint density at radius 2 is 2.00 bits per heavy atom. The van der Waals surface area contributed by atoms with Crippen LogP contribution in [0.1, 0.15) is 6.42 Å². The number of benzene rings is 1. The Morgan fingerprint density at radius 1 is 1.23 bits per heavy atom. The molecule has 114 valence electrons. The number of hydrogen-bond acceptors (Lipinski definition) is 3. The summed E-state index contributed by atoms with van der Waals surface area (Å²) < 4.78 is 1.73. The minimum atomic E-state index is -0.857. The molecule has 1 aromatic heterocycles. The quantitative estimate of drug-likeness (QED) is 0.914. The van der Waals surface area contributed by atoms with Gasteiger partial charge in [0.2, 0.25) is 5.91 Å². The number of likely N-dealkylation sites (tertiary alicyclic amines) is 1. The maximum absolute atomic E-state index is 12.3. The Balaban J connectivity index is 1.82. The zero-order valence-electron chi connectivity index (χ0n) is 11.9. The number of fused-ring (bicyclic) bond motifs is 1. The average Bonchev–Trinajstić information content (AvgIpc) is 3.01. The van der Waals surface area contributed by atoms with E-state index in [9.17, 15) is 14.4 Å². The molecule has 0 radical (unpaired) electrons. The number of carbonyl (C=O) groups is 2. The number of nitrogens with zero attached hydrogens (tertiary/aromatic N) is 2. The Bertz CT molecular complexity index is 796. The summed E-state index contributed by atoms with van der Waals surface area (Å²) in [5, 5.41) is 9.57. The monoisotopic (exact) mass is 300 g/mol. The lowest BCUT2D eigenvalue weighted by Gasteiger charge is -2.18. The lowest BCUT2D eigenvalue weighted by Crippen LogP contribution is -2.33. The second-order valence-electron chi connectivity index (χ2n) is 5.49. The number of rotatable bonds is 3. The topological polar surface area (TPSA) is 79.6 Å². The molecule has 1 aliphatic heterocycles. The third-order valence-corrected chi connectivity index (χ3v) is 4.08. The Kier molecular flexibility index (Phi) is 3.66. The molecule has 1 aliphatic rings. The fourth-order valence-corrected chi connectivity index (χ4v) is 2.83. The van der Waals surface area contributed by atoms with E-state index < -0.39 is 11.9 Å². The van der Waals surface area contributed by atoms with Crippen molar-refractivity contribution in [1.29, 1.82) is 0 Å². The second-order valence-corrected chi connectivity index (χ2v) is 5.49. The molecule has 6 nitrogen and oxygen atoms in total. The van der Waals surface area contributed by atoms with Gasteiger partial charge in [0, 0.05) is 30.7 Å². The van der Waals surface area contributed by atoms with Crippen molar-refractivity contribution in [3.05, 3.63) is 46.8 Å². The van der Waals surface area contributed by atoms with Gasteiger partial charge in [-0.2, -0.15) is 0 Å². The zero-order valence-corrected chi connectivity index (χ0v) is 11.9. The summed E-state index contributed by atoms with van der Waals surface area (Å²) in [6, 6.07) is 8.58. The van der Waals surface area contributed by atoms with Crippen molar-refractivity contribution >= 4 is 22.8 Å². The van der Waals surface area contributed by atoms with Crippen molar-refractivity contribution in [3.63, 3.8) is 0 Å². The molecular formula is C16H16N2O4. The third kappa shape index (κ3) is 2.59. The van der Waals surface area contributed by atoms with Crippen molar-refractivity contribution in [2.24, 2.45) is 5.92 Å². The van der Waals surface area contributed by atoms with Crippen LogP contribution in [0.2, 0.25) is 0 Å². The van der Waals surface area contributed by atoms with Gasteiger partial charge in [0.05, 0.1) is 11.4 Å². The molecule has 1 unspecified atom stereocenters. The van der Waals surface area contributed by atoms with Gasteiger partial charge in [-0.25, -0.2) is 0 Å². The van der Waals surface area contributed by atoms with Crippen LogP contribution in [-0.2, 0) is 16.1 Å². The number of amides is 1. The molecule has 1 fully saturated rings. The fraction of sp³-hybridized carbons (Fsp3) is 0.312. The average molecular weight is 300 g/mol. The molecule has 2 aromatic rings. The fourth-order valence-electron chi connectivity index (χ4n) is 2.83. The van der Waals surface area contributed by atoms with E-state index in [1.807, 2.05) is 6.07 Å².